The van der Waals surface area contributed by atoms with E-state index in [1.165, 1.54) is 37.8 Å². The summed E-state index contributed by atoms with van der Waals surface area (Å²) in [5.74, 6) is 0.175. The fraction of sp³-hybridized carbons (Fsp3) is 0.533. The molecule has 1 amide bonds. The van der Waals surface area contributed by atoms with Gasteiger partial charge in [-0.15, -0.1) is 0 Å². The highest BCUT2D eigenvalue weighted by molar-refractivity contribution is 5.94. The molecule has 2 aliphatic carbocycles. The molecule has 0 aromatic heterocycles. The smallest absolute Gasteiger partial charge is 0.256 e. The molecule has 0 spiro atoms. The second kappa shape index (κ2) is 4.83. The molecule has 0 heterocycles. The number of amides is 1. The zero-order valence-corrected chi connectivity index (χ0v) is 10.8. The van der Waals surface area contributed by atoms with Crippen molar-refractivity contribution in [2.24, 2.45) is 11.8 Å². The van der Waals surface area contributed by atoms with Crippen LogP contribution in [0.5, 0.6) is 5.75 Å². The van der Waals surface area contributed by atoms with E-state index in [-0.39, 0.29) is 17.2 Å². The van der Waals surface area contributed by atoms with Gasteiger partial charge in [0.15, 0.2) is 0 Å². The van der Waals surface area contributed by atoms with Gasteiger partial charge in [-0.3, -0.25) is 4.79 Å². The maximum atomic E-state index is 13.8. The molecule has 19 heavy (non-hydrogen) atoms. The molecule has 0 unspecified atom stereocenters. The van der Waals surface area contributed by atoms with Crippen LogP contribution in [0.3, 0.4) is 0 Å². The average molecular weight is 263 g/mol. The fourth-order valence-corrected chi connectivity index (χ4v) is 2.31. The van der Waals surface area contributed by atoms with Gasteiger partial charge >= 0.3 is 0 Å². The van der Waals surface area contributed by atoms with E-state index in [0.717, 1.165) is 19.2 Å². The van der Waals surface area contributed by atoms with Crippen LogP contribution in [0.25, 0.3) is 0 Å². The molecule has 3 nitrogen and oxygen atoms in total. The van der Waals surface area contributed by atoms with Gasteiger partial charge in [0.25, 0.3) is 5.91 Å². The van der Waals surface area contributed by atoms with Crippen molar-refractivity contribution in [3.05, 3.63) is 29.6 Å². The highest BCUT2D eigenvalue weighted by Crippen LogP contribution is 2.34. The summed E-state index contributed by atoms with van der Waals surface area (Å²) in [6, 6.07) is 3.74. The van der Waals surface area contributed by atoms with Gasteiger partial charge in [-0.05, 0) is 49.7 Å². The average Bonchev–Trinajstić information content (AvgIpc) is 3.22. The van der Waals surface area contributed by atoms with E-state index < -0.39 is 5.82 Å². The van der Waals surface area contributed by atoms with Gasteiger partial charge in [0, 0.05) is 19.2 Å². The van der Waals surface area contributed by atoms with Gasteiger partial charge in [-0.2, -0.15) is 0 Å². The SMILES string of the molecule is O=C(c1ccc(O)cc1F)N(CC1CC1)CC1CC1. The summed E-state index contributed by atoms with van der Waals surface area (Å²) >= 11 is 0. The third-order valence-corrected chi connectivity index (χ3v) is 3.82. The highest BCUT2D eigenvalue weighted by Gasteiger charge is 2.32. The second-order valence-corrected chi connectivity index (χ2v) is 5.76. The molecule has 2 fully saturated rings. The number of hydrogen-bond acceptors (Lipinski definition) is 2. The van der Waals surface area contributed by atoms with Crippen molar-refractivity contribution < 1.29 is 14.3 Å². The minimum absolute atomic E-state index is 0.0686. The first-order chi connectivity index (χ1) is 9.13. The Bertz CT molecular complexity index is 481. The van der Waals surface area contributed by atoms with E-state index in [9.17, 15) is 14.3 Å². The van der Waals surface area contributed by atoms with Crippen LogP contribution in [-0.4, -0.2) is 29.0 Å². The number of phenolic OH excluding ortho intramolecular Hbond substituents is 1. The summed E-state index contributed by atoms with van der Waals surface area (Å²) in [4.78, 5) is 14.2. The van der Waals surface area contributed by atoms with E-state index in [1.54, 1.807) is 4.90 Å². The first-order valence-electron chi connectivity index (χ1n) is 6.91. The number of nitrogens with zero attached hydrogens (tertiary/aromatic N) is 1. The van der Waals surface area contributed by atoms with Crippen LogP contribution < -0.4 is 0 Å². The van der Waals surface area contributed by atoms with Crippen LogP contribution in [0.15, 0.2) is 18.2 Å². The molecule has 0 atom stereocenters. The lowest BCUT2D eigenvalue weighted by Gasteiger charge is -2.23. The number of hydrogen-bond donors (Lipinski definition) is 1. The molecule has 3 rings (SSSR count). The largest absolute Gasteiger partial charge is 0.508 e. The second-order valence-electron chi connectivity index (χ2n) is 5.76. The molecular formula is C15H18FNO2. The number of rotatable bonds is 5. The minimum Gasteiger partial charge on any atom is -0.508 e. The molecule has 0 aliphatic heterocycles. The summed E-state index contributed by atoms with van der Waals surface area (Å²) in [7, 11) is 0. The molecule has 2 aliphatic rings. The molecule has 2 saturated carbocycles. The van der Waals surface area contributed by atoms with Crippen LogP contribution in [0.2, 0.25) is 0 Å². The standard InChI is InChI=1S/C15H18FNO2/c16-14-7-12(18)5-6-13(14)15(19)17(8-10-1-2-10)9-11-3-4-11/h5-7,10-11,18H,1-4,8-9H2. The lowest BCUT2D eigenvalue weighted by atomic mass is 10.1. The first kappa shape index (κ1) is 12.5. The number of halogens is 1. The van der Waals surface area contributed by atoms with E-state index >= 15 is 0 Å². The lowest BCUT2D eigenvalue weighted by Crippen LogP contribution is -2.35. The maximum Gasteiger partial charge on any atom is 0.256 e. The number of aromatic hydroxyl groups is 1. The van der Waals surface area contributed by atoms with Gasteiger partial charge < -0.3 is 10.0 Å². The normalized spacial score (nSPS) is 18.4. The van der Waals surface area contributed by atoms with Gasteiger partial charge in [0.1, 0.15) is 11.6 Å². The number of benzene rings is 1. The highest BCUT2D eigenvalue weighted by atomic mass is 19.1. The number of phenols is 1. The van der Waals surface area contributed by atoms with Crippen molar-refractivity contribution in [1.29, 1.82) is 0 Å². The summed E-state index contributed by atoms with van der Waals surface area (Å²) in [5, 5.41) is 9.20. The Morgan fingerprint density at radius 1 is 1.21 bits per heavy atom. The zero-order valence-electron chi connectivity index (χ0n) is 10.8. The maximum absolute atomic E-state index is 13.8. The molecular weight excluding hydrogens is 245 g/mol. The predicted molar refractivity (Wildman–Crippen MR) is 69.4 cm³/mol. The van der Waals surface area contributed by atoms with Crippen molar-refractivity contribution in [3.63, 3.8) is 0 Å². The van der Waals surface area contributed by atoms with Crippen LogP contribution >= 0.6 is 0 Å². The fourth-order valence-electron chi connectivity index (χ4n) is 2.31. The molecule has 102 valence electrons. The Morgan fingerprint density at radius 3 is 2.26 bits per heavy atom. The molecule has 1 aromatic carbocycles. The zero-order chi connectivity index (χ0) is 13.4. The van der Waals surface area contributed by atoms with Gasteiger partial charge in [-0.1, -0.05) is 0 Å². The molecule has 1 aromatic rings. The van der Waals surface area contributed by atoms with E-state index in [0.29, 0.717) is 11.8 Å². The number of carbonyl (C=O) groups excluding carboxylic acids is 1. The van der Waals surface area contributed by atoms with Crippen molar-refractivity contribution in [2.75, 3.05) is 13.1 Å². The van der Waals surface area contributed by atoms with Crippen LogP contribution in [-0.2, 0) is 0 Å². The monoisotopic (exact) mass is 263 g/mol. The van der Waals surface area contributed by atoms with E-state index in [1.807, 2.05) is 0 Å². The lowest BCUT2D eigenvalue weighted by molar-refractivity contribution is 0.0735. The van der Waals surface area contributed by atoms with Crippen molar-refractivity contribution in [1.82, 2.24) is 4.90 Å². The third kappa shape index (κ3) is 3.06. The van der Waals surface area contributed by atoms with E-state index in [2.05, 4.69) is 0 Å². The van der Waals surface area contributed by atoms with Crippen molar-refractivity contribution in [2.45, 2.75) is 25.7 Å². The summed E-state index contributed by atoms with van der Waals surface area (Å²) in [6.07, 6.45) is 4.69. The minimum atomic E-state index is -0.637. The molecule has 0 bridgehead atoms. The summed E-state index contributed by atoms with van der Waals surface area (Å²) < 4.78 is 13.8. The Morgan fingerprint density at radius 2 is 1.79 bits per heavy atom. The Labute approximate surface area is 112 Å². The molecule has 4 heteroatoms. The molecule has 1 N–H and O–H groups in total. The third-order valence-electron chi connectivity index (χ3n) is 3.82. The topological polar surface area (TPSA) is 40.5 Å². The van der Waals surface area contributed by atoms with Crippen LogP contribution in [0.4, 0.5) is 4.39 Å². The van der Waals surface area contributed by atoms with Gasteiger partial charge in [-0.25, -0.2) is 4.39 Å². The summed E-state index contributed by atoms with van der Waals surface area (Å²) in [5.41, 5.74) is 0.0686. The Hall–Kier alpha value is -1.58. The van der Waals surface area contributed by atoms with Crippen molar-refractivity contribution >= 4 is 5.91 Å². The summed E-state index contributed by atoms with van der Waals surface area (Å²) in [6.45, 7) is 1.49. The van der Waals surface area contributed by atoms with E-state index in [4.69, 9.17) is 0 Å². The van der Waals surface area contributed by atoms with Crippen LogP contribution in [0, 0.1) is 17.7 Å². The van der Waals surface area contributed by atoms with Gasteiger partial charge in [0.05, 0.1) is 5.56 Å². The number of carbonyl (C=O) groups is 1. The quantitative estimate of drug-likeness (QED) is 0.887. The van der Waals surface area contributed by atoms with Crippen molar-refractivity contribution in [3.8, 4) is 5.75 Å². The van der Waals surface area contributed by atoms with Crippen LogP contribution in [0.1, 0.15) is 36.0 Å². The Kier molecular flexibility index (Phi) is 3.17. The first-order valence-corrected chi connectivity index (χ1v) is 6.91. The molecule has 0 saturated heterocycles. The Balaban J connectivity index is 1.76. The predicted octanol–water partition coefficient (Wildman–Crippen LogP) is 2.79. The van der Waals surface area contributed by atoms with Gasteiger partial charge in [0.2, 0.25) is 0 Å². The molecule has 0 radical (unpaired) electrons.